The van der Waals surface area contributed by atoms with Crippen LogP contribution in [0.15, 0.2) is 0 Å². The third-order valence-corrected chi connectivity index (χ3v) is 6.61. The van der Waals surface area contributed by atoms with Gasteiger partial charge in [0.1, 0.15) is 5.75 Å². The van der Waals surface area contributed by atoms with Crippen molar-refractivity contribution < 1.29 is 17.9 Å². The van der Waals surface area contributed by atoms with E-state index >= 15 is 0 Å². The van der Waals surface area contributed by atoms with Crippen molar-refractivity contribution in [3.05, 3.63) is 0 Å². The molecule has 6 nitrogen and oxygen atoms in total. The van der Waals surface area contributed by atoms with Crippen LogP contribution in [0.2, 0.25) is 0 Å². The molecule has 0 aromatic rings. The number of hydrogen-bond acceptors (Lipinski definition) is 5. The summed E-state index contributed by atoms with van der Waals surface area (Å²) in [6.45, 7) is 4.44. The standard InChI is InChI=1S/C17H30N2O4S/c1-23-11-15-9-17(13-19(15)10-14-3-4-14)5-7-18(8-6-17)16(20)12-24(2,21)22/h14-15H,3-13H2,1-2H3/t15-/m0/s1. The van der Waals surface area contributed by atoms with Crippen LogP contribution in [0.5, 0.6) is 0 Å². The molecule has 1 saturated carbocycles. The Balaban J connectivity index is 1.57. The predicted octanol–water partition coefficient (Wildman–Crippen LogP) is 0.771. The highest BCUT2D eigenvalue weighted by Crippen LogP contribution is 2.45. The Hall–Kier alpha value is -0.660. The minimum absolute atomic E-state index is 0.242. The maximum Gasteiger partial charge on any atom is 0.237 e. The van der Waals surface area contributed by atoms with Gasteiger partial charge in [0, 0.05) is 45.6 Å². The predicted molar refractivity (Wildman–Crippen MR) is 92.5 cm³/mol. The fourth-order valence-electron chi connectivity index (χ4n) is 4.36. The van der Waals surface area contributed by atoms with Crippen LogP contribution < -0.4 is 0 Å². The molecule has 2 heterocycles. The Kier molecular flexibility index (Phi) is 5.23. The largest absolute Gasteiger partial charge is 0.383 e. The Labute approximate surface area is 145 Å². The lowest BCUT2D eigenvalue weighted by atomic mass is 9.76. The molecule has 3 rings (SSSR count). The van der Waals surface area contributed by atoms with Crippen molar-refractivity contribution in [1.29, 1.82) is 0 Å². The topological polar surface area (TPSA) is 66.9 Å². The van der Waals surface area contributed by atoms with Crippen LogP contribution >= 0.6 is 0 Å². The van der Waals surface area contributed by atoms with Gasteiger partial charge in [0.2, 0.25) is 5.91 Å². The summed E-state index contributed by atoms with van der Waals surface area (Å²) in [7, 11) is -1.48. The summed E-state index contributed by atoms with van der Waals surface area (Å²) in [5.74, 6) is 0.268. The van der Waals surface area contributed by atoms with E-state index in [1.165, 1.54) is 19.4 Å². The van der Waals surface area contributed by atoms with Gasteiger partial charge in [-0.3, -0.25) is 9.69 Å². The number of sulfone groups is 1. The summed E-state index contributed by atoms with van der Waals surface area (Å²) in [5.41, 5.74) is 0.278. The van der Waals surface area contributed by atoms with E-state index in [2.05, 4.69) is 4.90 Å². The lowest BCUT2D eigenvalue weighted by Gasteiger charge is -2.39. The number of carbonyl (C=O) groups excluding carboxylic acids is 1. The molecule has 0 aromatic heterocycles. The van der Waals surface area contributed by atoms with Gasteiger partial charge < -0.3 is 9.64 Å². The molecule has 138 valence electrons. The molecular formula is C17H30N2O4S. The first-order chi connectivity index (χ1) is 11.3. The molecule has 0 radical (unpaired) electrons. The average Bonchev–Trinajstić information content (AvgIpc) is 3.23. The number of carbonyl (C=O) groups is 1. The molecule has 2 saturated heterocycles. The van der Waals surface area contributed by atoms with Crippen LogP contribution in [0.25, 0.3) is 0 Å². The van der Waals surface area contributed by atoms with Crippen LogP contribution in [0.4, 0.5) is 0 Å². The molecule has 1 atom stereocenters. The first-order valence-electron chi connectivity index (χ1n) is 8.99. The fourth-order valence-corrected chi connectivity index (χ4v) is 5.00. The molecule has 3 aliphatic rings. The number of methoxy groups -OCH3 is 1. The van der Waals surface area contributed by atoms with Crippen molar-refractivity contribution in [2.75, 3.05) is 51.9 Å². The average molecular weight is 359 g/mol. The number of ether oxygens (including phenoxy) is 1. The van der Waals surface area contributed by atoms with Crippen molar-refractivity contribution in [1.82, 2.24) is 9.80 Å². The van der Waals surface area contributed by atoms with Gasteiger partial charge in [0.25, 0.3) is 0 Å². The zero-order chi connectivity index (χ0) is 17.4. The summed E-state index contributed by atoms with van der Waals surface area (Å²) in [6, 6.07) is 0.494. The van der Waals surface area contributed by atoms with E-state index in [0.717, 1.165) is 44.6 Å². The highest BCUT2D eigenvalue weighted by molar-refractivity contribution is 7.91. The summed E-state index contributed by atoms with van der Waals surface area (Å²) in [5, 5.41) is 0. The summed E-state index contributed by atoms with van der Waals surface area (Å²) in [4.78, 5) is 16.5. The van der Waals surface area contributed by atoms with Crippen LogP contribution in [-0.2, 0) is 19.4 Å². The number of piperidine rings is 1. The van der Waals surface area contributed by atoms with Crippen molar-refractivity contribution in [2.24, 2.45) is 11.3 Å². The molecule has 1 amide bonds. The molecule has 0 unspecified atom stereocenters. The van der Waals surface area contributed by atoms with Gasteiger partial charge in [-0.15, -0.1) is 0 Å². The summed E-state index contributed by atoms with van der Waals surface area (Å²) in [6.07, 6.45) is 6.93. The first-order valence-corrected chi connectivity index (χ1v) is 11.0. The second kappa shape index (κ2) is 6.92. The van der Waals surface area contributed by atoms with Gasteiger partial charge >= 0.3 is 0 Å². The number of hydrogen-bond donors (Lipinski definition) is 0. The first kappa shape index (κ1) is 18.1. The van der Waals surface area contributed by atoms with E-state index in [0.29, 0.717) is 19.1 Å². The fraction of sp³-hybridized carbons (Fsp3) is 0.941. The number of nitrogens with zero attached hydrogens (tertiary/aromatic N) is 2. The Morgan fingerprint density at radius 1 is 1.25 bits per heavy atom. The third-order valence-electron chi connectivity index (χ3n) is 5.83. The van der Waals surface area contributed by atoms with Crippen molar-refractivity contribution >= 4 is 15.7 Å². The van der Waals surface area contributed by atoms with Gasteiger partial charge in [0.15, 0.2) is 9.84 Å². The van der Waals surface area contributed by atoms with Crippen molar-refractivity contribution in [3.63, 3.8) is 0 Å². The van der Waals surface area contributed by atoms with Crippen LogP contribution in [0.3, 0.4) is 0 Å². The third kappa shape index (κ3) is 4.49. The zero-order valence-electron chi connectivity index (χ0n) is 14.9. The molecule has 24 heavy (non-hydrogen) atoms. The lowest BCUT2D eigenvalue weighted by Crippen LogP contribution is -2.46. The number of amides is 1. The maximum absolute atomic E-state index is 12.1. The quantitative estimate of drug-likeness (QED) is 0.702. The normalized spacial score (nSPS) is 27.8. The SMILES string of the molecule is COC[C@@H]1CC2(CCN(C(=O)CS(C)(=O)=O)CC2)CN1CC1CC1. The van der Waals surface area contributed by atoms with Crippen molar-refractivity contribution in [2.45, 2.75) is 38.1 Å². The Morgan fingerprint density at radius 3 is 2.46 bits per heavy atom. The van der Waals surface area contributed by atoms with E-state index in [4.69, 9.17) is 4.74 Å². The molecule has 2 aliphatic heterocycles. The van der Waals surface area contributed by atoms with Gasteiger partial charge in [-0.05, 0) is 43.4 Å². The lowest BCUT2D eigenvalue weighted by molar-refractivity contribution is -0.130. The van der Waals surface area contributed by atoms with Crippen LogP contribution in [0.1, 0.15) is 32.1 Å². The smallest absolute Gasteiger partial charge is 0.237 e. The minimum Gasteiger partial charge on any atom is -0.383 e. The van der Waals surface area contributed by atoms with E-state index in [9.17, 15) is 13.2 Å². The molecule has 0 N–H and O–H groups in total. The molecule has 0 aromatic carbocycles. The molecular weight excluding hydrogens is 328 g/mol. The maximum atomic E-state index is 12.1. The molecule has 3 fully saturated rings. The van der Waals surface area contributed by atoms with Gasteiger partial charge in [-0.2, -0.15) is 0 Å². The van der Waals surface area contributed by atoms with Crippen LogP contribution in [0, 0.1) is 11.3 Å². The highest BCUT2D eigenvalue weighted by Gasteiger charge is 2.46. The Bertz CT molecular complexity index is 565. The van der Waals surface area contributed by atoms with Crippen LogP contribution in [-0.4, -0.2) is 82.1 Å². The second-order valence-electron chi connectivity index (χ2n) is 8.14. The van der Waals surface area contributed by atoms with Gasteiger partial charge in [-0.1, -0.05) is 0 Å². The number of rotatable bonds is 6. The van der Waals surface area contributed by atoms with Gasteiger partial charge in [0.05, 0.1) is 6.61 Å². The highest BCUT2D eigenvalue weighted by atomic mass is 32.2. The van der Waals surface area contributed by atoms with E-state index in [-0.39, 0.29) is 17.1 Å². The summed E-state index contributed by atoms with van der Waals surface area (Å²) < 4.78 is 28.1. The molecule has 7 heteroatoms. The molecule has 1 aliphatic carbocycles. The summed E-state index contributed by atoms with van der Waals surface area (Å²) >= 11 is 0. The number of likely N-dealkylation sites (tertiary alicyclic amines) is 2. The molecule has 1 spiro atoms. The molecule has 0 bridgehead atoms. The van der Waals surface area contributed by atoms with E-state index < -0.39 is 9.84 Å². The minimum atomic E-state index is -3.25. The van der Waals surface area contributed by atoms with E-state index in [1.807, 2.05) is 0 Å². The second-order valence-corrected chi connectivity index (χ2v) is 10.3. The van der Waals surface area contributed by atoms with E-state index in [1.54, 1.807) is 12.0 Å². The van der Waals surface area contributed by atoms with Gasteiger partial charge in [-0.25, -0.2) is 8.42 Å². The zero-order valence-corrected chi connectivity index (χ0v) is 15.7. The monoisotopic (exact) mass is 358 g/mol. The van der Waals surface area contributed by atoms with Crippen molar-refractivity contribution in [3.8, 4) is 0 Å². The Morgan fingerprint density at radius 2 is 1.92 bits per heavy atom.